The van der Waals surface area contributed by atoms with E-state index in [1.54, 1.807) is 19.3 Å². The van der Waals surface area contributed by atoms with Crippen molar-refractivity contribution in [2.24, 2.45) is 7.05 Å². The Balaban J connectivity index is 2.87. The average Bonchev–Trinajstić information content (AvgIpc) is 2.32. The van der Waals surface area contributed by atoms with E-state index in [2.05, 4.69) is 5.32 Å². The van der Waals surface area contributed by atoms with Crippen LogP contribution in [0.25, 0.3) is 0 Å². The Kier molecular flexibility index (Phi) is 4.96. The molecule has 1 amide bonds. The van der Waals surface area contributed by atoms with Crippen LogP contribution in [0.1, 0.15) is 37.0 Å². The SMILES string of the molecule is CCC(C)(CCCl)NC(=O)c1ccn(C)c(=O)c1. The lowest BCUT2D eigenvalue weighted by Crippen LogP contribution is -2.46. The van der Waals surface area contributed by atoms with E-state index >= 15 is 0 Å². The first kappa shape index (κ1) is 14.8. The third-order valence-corrected chi connectivity index (χ3v) is 3.40. The van der Waals surface area contributed by atoms with Crippen LogP contribution in [0.2, 0.25) is 0 Å². The predicted octanol–water partition coefficient (Wildman–Crippen LogP) is 1.91. The van der Waals surface area contributed by atoms with Crippen LogP contribution in [-0.4, -0.2) is 21.9 Å². The number of alkyl halides is 1. The van der Waals surface area contributed by atoms with Crippen LogP contribution >= 0.6 is 11.6 Å². The molecule has 18 heavy (non-hydrogen) atoms. The molecule has 0 aliphatic heterocycles. The van der Waals surface area contributed by atoms with Crippen LogP contribution < -0.4 is 10.9 Å². The zero-order chi connectivity index (χ0) is 13.8. The number of hydrogen-bond acceptors (Lipinski definition) is 2. The van der Waals surface area contributed by atoms with Crippen molar-refractivity contribution in [1.29, 1.82) is 0 Å². The molecule has 1 aromatic heterocycles. The van der Waals surface area contributed by atoms with Gasteiger partial charge in [0.05, 0.1) is 0 Å². The molecule has 0 saturated heterocycles. The Morgan fingerprint density at radius 3 is 2.72 bits per heavy atom. The first-order valence-electron chi connectivity index (χ1n) is 5.97. The van der Waals surface area contributed by atoms with Gasteiger partial charge in [-0.2, -0.15) is 0 Å². The Labute approximate surface area is 112 Å². The van der Waals surface area contributed by atoms with Crippen molar-refractivity contribution in [1.82, 2.24) is 9.88 Å². The fourth-order valence-corrected chi connectivity index (χ4v) is 1.99. The van der Waals surface area contributed by atoms with Crippen molar-refractivity contribution < 1.29 is 4.79 Å². The third-order valence-electron chi connectivity index (χ3n) is 3.21. The van der Waals surface area contributed by atoms with E-state index in [0.29, 0.717) is 17.9 Å². The summed E-state index contributed by atoms with van der Waals surface area (Å²) in [6.45, 7) is 3.95. The smallest absolute Gasteiger partial charge is 0.251 e. The fourth-order valence-electron chi connectivity index (χ4n) is 1.57. The minimum atomic E-state index is -0.333. The van der Waals surface area contributed by atoms with E-state index in [1.165, 1.54) is 10.6 Å². The standard InChI is InChI=1S/C13H19ClN2O2/c1-4-13(2,6-7-14)15-12(18)10-5-8-16(3)11(17)9-10/h5,8-9H,4,6-7H2,1-3H3,(H,15,18). The monoisotopic (exact) mass is 270 g/mol. The molecule has 0 aliphatic carbocycles. The first-order chi connectivity index (χ1) is 8.41. The molecule has 1 N–H and O–H groups in total. The zero-order valence-corrected chi connectivity index (χ0v) is 11.8. The second-order valence-corrected chi connectivity index (χ2v) is 5.05. The normalized spacial score (nSPS) is 14.0. The van der Waals surface area contributed by atoms with Gasteiger partial charge in [0.25, 0.3) is 11.5 Å². The summed E-state index contributed by atoms with van der Waals surface area (Å²) in [5.74, 6) is 0.253. The number of carbonyl (C=O) groups excluding carboxylic acids is 1. The van der Waals surface area contributed by atoms with Crippen LogP contribution in [-0.2, 0) is 7.05 Å². The van der Waals surface area contributed by atoms with Gasteiger partial charge >= 0.3 is 0 Å². The molecule has 1 aromatic rings. The van der Waals surface area contributed by atoms with E-state index in [1.807, 2.05) is 13.8 Å². The molecular formula is C13H19ClN2O2. The summed E-state index contributed by atoms with van der Waals surface area (Å²) >= 11 is 5.74. The molecule has 0 spiro atoms. The minimum absolute atomic E-state index is 0.196. The molecule has 5 heteroatoms. The lowest BCUT2D eigenvalue weighted by Gasteiger charge is -2.29. The highest BCUT2D eigenvalue weighted by Crippen LogP contribution is 2.16. The molecule has 1 atom stereocenters. The summed E-state index contributed by atoms with van der Waals surface area (Å²) in [5, 5.41) is 2.94. The molecule has 1 heterocycles. The Hall–Kier alpha value is -1.29. The van der Waals surface area contributed by atoms with Gasteiger partial charge in [-0.1, -0.05) is 6.92 Å². The van der Waals surface area contributed by atoms with Crippen molar-refractivity contribution in [2.45, 2.75) is 32.2 Å². The highest BCUT2D eigenvalue weighted by atomic mass is 35.5. The number of hydrogen-bond donors (Lipinski definition) is 1. The summed E-state index contributed by atoms with van der Waals surface area (Å²) in [5.41, 5.74) is -0.148. The molecule has 0 bridgehead atoms. The van der Waals surface area contributed by atoms with Gasteiger partial charge in [-0.25, -0.2) is 0 Å². The van der Waals surface area contributed by atoms with Crippen LogP contribution in [0.5, 0.6) is 0 Å². The number of pyridine rings is 1. The molecular weight excluding hydrogens is 252 g/mol. The van der Waals surface area contributed by atoms with Gasteiger partial charge in [0.1, 0.15) is 0 Å². The Morgan fingerprint density at radius 2 is 2.22 bits per heavy atom. The van der Waals surface area contributed by atoms with E-state index in [4.69, 9.17) is 11.6 Å². The van der Waals surface area contributed by atoms with Crippen molar-refractivity contribution in [3.63, 3.8) is 0 Å². The number of aryl methyl sites for hydroxylation is 1. The van der Waals surface area contributed by atoms with Crippen molar-refractivity contribution >= 4 is 17.5 Å². The highest BCUT2D eigenvalue weighted by Gasteiger charge is 2.24. The molecule has 0 fully saturated rings. The molecule has 100 valence electrons. The van der Waals surface area contributed by atoms with E-state index in [0.717, 1.165) is 6.42 Å². The first-order valence-corrected chi connectivity index (χ1v) is 6.50. The Bertz CT molecular complexity index is 484. The maximum Gasteiger partial charge on any atom is 0.251 e. The van der Waals surface area contributed by atoms with Gasteiger partial charge in [-0.3, -0.25) is 9.59 Å². The summed E-state index contributed by atoms with van der Waals surface area (Å²) < 4.78 is 1.43. The van der Waals surface area contributed by atoms with Crippen molar-refractivity contribution in [3.05, 3.63) is 34.2 Å². The summed E-state index contributed by atoms with van der Waals surface area (Å²) in [6.07, 6.45) is 3.07. The fraction of sp³-hybridized carbons (Fsp3) is 0.538. The number of rotatable bonds is 5. The van der Waals surface area contributed by atoms with Crippen LogP contribution in [0.4, 0.5) is 0 Å². The number of nitrogens with zero attached hydrogens (tertiary/aromatic N) is 1. The average molecular weight is 271 g/mol. The predicted molar refractivity (Wildman–Crippen MR) is 73.2 cm³/mol. The van der Waals surface area contributed by atoms with Gasteiger partial charge in [0.2, 0.25) is 0 Å². The van der Waals surface area contributed by atoms with E-state index in [9.17, 15) is 9.59 Å². The van der Waals surface area contributed by atoms with Crippen LogP contribution in [0.15, 0.2) is 23.1 Å². The van der Waals surface area contributed by atoms with Gasteiger partial charge in [-0.05, 0) is 25.8 Å². The zero-order valence-electron chi connectivity index (χ0n) is 11.0. The second kappa shape index (κ2) is 6.05. The van der Waals surface area contributed by atoms with E-state index < -0.39 is 0 Å². The lowest BCUT2D eigenvalue weighted by atomic mass is 9.95. The largest absolute Gasteiger partial charge is 0.347 e. The molecule has 4 nitrogen and oxygen atoms in total. The van der Waals surface area contributed by atoms with Gasteiger partial charge < -0.3 is 9.88 Å². The summed E-state index contributed by atoms with van der Waals surface area (Å²) in [7, 11) is 1.65. The van der Waals surface area contributed by atoms with Gasteiger partial charge in [-0.15, -0.1) is 11.6 Å². The lowest BCUT2D eigenvalue weighted by molar-refractivity contribution is 0.0901. The van der Waals surface area contributed by atoms with Gasteiger partial charge in [0.15, 0.2) is 0 Å². The number of amides is 1. The second-order valence-electron chi connectivity index (χ2n) is 4.67. The van der Waals surface area contributed by atoms with Gasteiger partial charge in [0, 0.05) is 36.3 Å². The van der Waals surface area contributed by atoms with Crippen LogP contribution in [0.3, 0.4) is 0 Å². The number of halogens is 1. The Morgan fingerprint density at radius 1 is 1.56 bits per heavy atom. The maximum absolute atomic E-state index is 12.1. The number of aromatic nitrogens is 1. The van der Waals surface area contributed by atoms with Crippen LogP contribution in [0, 0.1) is 0 Å². The molecule has 0 radical (unpaired) electrons. The molecule has 1 rings (SSSR count). The minimum Gasteiger partial charge on any atom is -0.347 e. The van der Waals surface area contributed by atoms with Crippen molar-refractivity contribution in [2.75, 3.05) is 5.88 Å². The molecule has 0 saturated carbocycles. The maximum atomic E-state index is 12.1. The molecule has 0 aromatic carbocycles. The highest BCUT2D eigenvalue weighted by molar-refractivity contribution is 6.17. The van der Waals surface area contributed by atoms with E-state index in [-0.39, 0.29) is 17.0 Å². The summed E-state index contributed by atoms with van der Waals surface area (Å²) in [6, 6.07) is 2.97. The third kappa shape index (κ3) is 3.60. The van der Waals surface area contributed by atoms with Crippen molar-refractivity contribution in [3.8, 4) is 0 Å². The topological polar surface area (TPSA) is 51.1 Å². The summed E-state index contributed by atoms with van der Waals surface area (Å²) in [4.78, 5) is 23.5. The molecule has 0 aliphatic rings. The molecule has 1 unspecified atom stereocenters. The number of nitrogens with one attached hydrogen (secondary N) is 1. The number of carbonyl (C=O) groups is 1. The quantitative estimate of drug-likeness (QED) is 0.831.